The van der Waals surface area contributed by atoms with Crippen LogP contribution < -0.4 is 14.5 Å². The molecular weight excluding hydrogens is 973 g/mol. The SMILES string of the molecule is BrB(Br)Br.COc1cc(-c2nccnc2C2CN(c3ccc4ccccc4n3)C2)ccc1F.Oc1cc(-c2nccnc2C2CN(c3ccc4ccccc4n3)C2)ccc1F. The van der Waals surface area contributed by atoms with Crippen molar-refractivity contribution in [1.29, 1.82) is 0 Å². The topological polar surface area (TPSA) is 113 Å². The molecule has 0 saturated carbocycles. The number of phenols is 1. The summed E-state index contributed by atoms with van der Waals surface area (Å²) in [6.07, 6.45) is 6.65. The van der Waals surface area contributed by atoms with Crippen LogP contribution >= 0.6 is 47.3 Å². The third-order valence-corrected chi connectivity index (χ3v) is 10.4. The molecule has 0 bridgehead atoms. The van der Waals surface area contributed by atoms with Gasteiger partial charge in [-0.3, -0.25) is 19.9 Å². The van der Waals surface area contributed by atoms with Gasteiger partial charge in [0.2, 0.25) is 0 Å². The molecule has 2 aliphatic rings. The van der Waals surface area contributed by atoms with E-state index in [1.54, 1.807) is 43.0 Å². The number of anilines is 2. The number of phenolic OH excluding ortho intramolecular Hbond substituents is 1. The summed E-state index contributed by atoms with van der Waals surface area (Å²) < 4.78 is 32.6. The van der Waals surface area contributed by atoms with E-state index in [1.807, 2.05) is 42.5 Å². The molecule has 306 valence electrons. The summed E-state index contributed by atoms with van der Waals surface area (Å²) >= 11 is 9.31. The standard InChI is InChI=1S/C23H19FN4O.C22H17FN4O.BBr3/c1-29-20-12-16(6-8-18(20)24)22-23(26-11-10-25-22)17-13-28(14-17)21-9-7-15-4-2-3-5-19(15)27-21;23-17-7-5-15(11-19(17)28)21-22(25-10-9-24-21)16-12-27(13-16)20-8-6-14-3-1-2-4-18(14)26-20;2-1(3)4/h2-12,17H,13-14H2,1H3;1-11,16,28H,12-13H2;. The number of halogens is 5. The van der Waals surface area contributed by atoms with Crippen LogP contribution in [0.1, 0.15) is 23.2 Å². The van der Waals surface area contributed by atoms with Crippen molar-refractivity contribution in [1.82, 2.24) is 29.9 Å². The highest BCUT2D eigenvalue weighted by Gasteiger charge is 2.34. The zero-order valence-electron chi connectivity index (χ0n) is 32.6. The first-order chi connectivity index (χ1) is 29.6. The predicted octanol–water partition coefficient (Wildman–Crippen LogP) is 10.7. The van der Waals surface area contributed by atoms with Gasteiger partial charge in [-0.2, -0.15) is 0 Å². The molecule has 10 nitrogen and oxygen atoms in total. The Balaban J connectivity index is 0.000000155. The molecule has 10 rings (SSSR count). The van der Waals surface area contributed by atoms with E-state index in [0.717, 1.165) is 82.3 Å². The molecule has 2 fully saturated rings. The van der Waals surface area contributed by atoms with Gasteiger partial charge in [0, 0.05) is 84.7 Å². The number of methoxy groups -OCH3 is 1. The molecule has 2 saturated heterocycles. The second-order valence-corrected chi connectivity index (χ2v) is 20.7. The molecule has 6 heterocycles. The van der Waals surface area contributed by atoms with Crippen LogP contribution in [0.3, 0.4) is 0 Å². The third-order valence-electron chi connectivity index (χ3n) is 10.4. The second kappa shape index (κ2) is 19.0. The van der Waals surface area contributed by atoms with Crippen molar-refractivity contribution in [3.8, 4) is 34.0 Å². The van der Waals surface area contributed by atoms with Crippen molar-refractivity contribution >= 4 is 83.9 Å². The van der Waals surface area contributed by atoms with Gasteiger partial charge in [0.15, 0.2) is 23.1 Å². The Labute approximate surface area is 376 Å². The predicted molar refractivity (Wildman–Crippen MR) is 249 cm³/mol. The molecule has 1 N–H and O–H groups in total. The lowest BCUT2D eigenvalue weighted by Crippen LogP contribution is -2.46. The van der Waals surface area contributed by atoms with Gasteiger partial charge in [-0.1, -0.05) is 36.4 Å². The average molecular weight is 1010 g/mol. The first-order valence-electron chi connectivity index (χ1n) is 19.2. The average Bonchev–Trinajstić information content (AvgIpc) is 3.24. The molecule has 8 aromatic rings. The minimum absolute atomic E-state index is 0.198. The number of fused-ring (bicyclic) bond motifs is 2. The number of aromatic nitrogens is 6. The Morgan fingerprint density at radius 1 is 0.590 bits per heavy atom. The number of benzene rings is 4. The van der Waals surface area contributed by atoms with E-state index in [-0.39, 0.29) is 32.3 Å². The Kier molecular flexibility index (Phi) is 13.1. The van der Waals surface area contributed by atoms with Gasteiger partial charge in [-0.05, 0) is 72.8 Å². The van der Waals surface area contributed by atoms with Crippen molar-refractivity contribution in [2.24, 2.45) is 0 Å². The van der Waals surface area contributed by atoms with Crippen LogP contribution in [0, 0.1) is 11.6 Å². The summed E-state index contributed by atoms with van der Waals surface area (Å²) in [7, 11) is 1.46. The van der Waals surface area contributed by atoms with Gasteiger partial charge < -0.3 is 19.6 Å². The van der Waals surface area contributed by atoms with Crippen LogP contribution in [0.2, 0.25) is 0 Å². The number of aromatic hydroxyl groups is 1. The minimum Gasteiger partial charge on any atom is -0.505 e. The molecule has 0 amide bonds. The highest BCUT2D eigenvalue weighted by molar-refractivity contribution is 9.69. The van der Waals surface area contributed by atoms with E-state index >= 15 is 0 Å². The highest BCUT2D eigenvalue weighted by atomic mass is 79.9. The maximum atomic E-state index is 13.8. The minimum atomic E-state index is -0.647. The van der Waals surface area contributed by atoms with Gasteiger partial charge >= 0.3 is 3.18 Å². The molecule has 2 aliphatic heterocycles. The molecule has 4 aromatic heterocycles. The normalized spacial score (nSPS) is 13.7. The van der Waals surface area contributed by atoms with Crippen molar-refractivity contribution in [3.63, 3.8) is 0 Å². The van der Waals surface area contributed by atoms with Gasteiger partial charge in [0.1, 0.15) is 11.6 Å². The molecule has 61 heavy (non-hydrogen) atoms. The van der Waals surface area contributed by atoms with E-state index in [0.29, 0.717) is 11.3 Å². The highest BCUT2D eigenvalue weighted by Crippen LogP contribution is 2.37. The number of rotatable bonds is 7. The molecule has 16 heteroatoms. The number of ether oxygens (including phenoxy) is 1. The lowest BCUT2D eigenvalue weighted by molar-refractivity contribution is 0.386. The Morgan fingerprint density at radius 3 is 1.51 bits per heavy atom. The van der Waals surface area contributed by atoms with E-state index in [2.05, 4.69) is 107 Å². The molecule has 0 unspecified atom stereocenters. The summed E-state index contributed by atoms with van der Waals surface area (Å²) in [6.45, 7) is 3.19. The fourth-order valence-electron chi connectivity index (χ4n) is 7.35. The van der Waals surface area contributed by atoms with Crippen molar-refractivity contribution in [2.75, 3.05) is 43.1 Å². The van der Waals surface area contributed by atoms with Gasteiger partial charge in [-0.15, -0.1) is 47.3 Å². The van der Waals surface area contributed by atoms with Gasteiger partial charge in [0.05, 0.1) is 40.9 Å². The Hall–Kier alpha value is -5.58. The number of hydrogen-bond donors (Lipinski definition) is 1. The summed E-state index contributed by atoms with van der Waals surface area (Å²) in [5.74, 6) is 1.13. The van der Waals surface area contributed by atoms with E-state index in [4.69, 9.17) is 14.7 Å². The first kappa shape index (κ1) is 42.1. The van der Waals surface area contributed by atoms with Crippen LogP contribution in [0.15, 0.2) is 134 Å². The fraction of sp³-hybridized carbons (Fsp3) is 0.156. The number of hydrogen-bond acceptors (Lipinski definition) is 10. The summed E-state index contributed by atoms with van der Waals surface area (Å²) in [5.41, 5.74) is 6.63. The lowest BCUT2D eigenvalue weighted by Gasteiger charge is -2.40. The quantitative estimate of drug-likeness (QED) is 0.155. The molecule has 0 aliphatic carbocycles. The molecule has 0 radical (unpaired) electrons. The smallest absolute Gasteiger partial charge is 0.369 e. The Bertz CT molecular complexity index is 2810. The van der Waals surface area contributed by atoms with Gasteiger partial charge in [-0.25, -0.2) is 18.7 Å². The van der Waals surface area contributed by atoms with E-state index in [9.17, 15) is 13.9 Å². The Morgan fingerprint density at radius 2 is 1.03 bits per heavy atom. The van der Waals surface area contributed by atoms with Crippen LogP contribution in [-0.2, 0) is 0 Å². The van der Waals surface area contributed by atoms with Crippen LogP contribution in [0.4, 0.5) is 20.4 Å². The van der Waals surface area contributed by atoms with Crippen molar-refractivity contribution in [2.45, 2.75) is 11.8 Å². The fourth-order valence-corrected chi connectivity index (χ4v) is 7.35. The molecule has 0 atom stereocenters. The van der Waals surface area contributed by atoms with Crippen molar-refractivity contribution < 1.29 is 18.6 Å². The third kappa shape index (κ3) is 9.66. The zero-order chi connectivity index (χ0) is 42.5. The summed E-state index contributed by atoms with van der Waals surface area (Å²) in [6, 6.07) is 33.5. The van der Waals surface area contributed by atoms with Crippen LogP contribution in [0.5, 0.6) is 11.5 Å². The van der Waals surface area contributed by atoms with Gasteiger partial charge in [0.25, 0.3) is 0 Å². The second-order valence-electron chi connectivity index (χ2n) is 14.3. The van der Waals surface area contributed by atoms with Crippen LogP contribution in [-0.4, -0.2) is 71.5 Å². The monoisotopic (exact) mass is 1010 g/mol. The van der Waals surface area contributed by atoms with E-state index in [1.165, 1.54) is 25.3 Å². The van der Waals surface area contributed by atoms with Crippen molar-refractivity contribution in [3.05, 3.63) is 157 Å². The first-order valence-corrected chi connectivity index (χ1v) is 22.0. The van der Waals surface area contributed by atoms with E-state index < -0.39 is 5.82 Å². The number of pyridine rings is 2. The number of para-hydroxylation sites is 2. The molecular formula is C45H36BBr3F2N8O2. The summed E-state index contributed by atoms with van der Waals surface area (Å²) in [5, 5.41) is 12.0. The maximum Gasteiger partial charge on any atom is 0.369 e. The largest absolute Gasteiger partial charge is 0.505 e. The maximum absolute atomic E-state index is 13.8. The lowest BCUT2D eigenvalue weighted by atomic mass is 9.92. The van der Waals surface area contributed by atoms with Crippen LogP contribution in [0.25, 0.3) is 44.3 Å². The molecule has 0 spiro atoms. The summed E-state index contributed by atoms with van der Waals surface area (Å²) in [4.78, 5) is 32.0. The number of nitrogens with zero attached hydrogens (tertiary/aromatic N) is 8. The zero-order valence-corrected chi connectivity index (χ0v) is 37.3. The molecule has 4 aromatic carbocycles.